The molecule has 33 heavy (non-hydrogen) atoms. The first-order valence-electron chi connectivity index (χ1n) is 12.1. The van der Waals surface area contributed by atoms with E-state index in [9.17, 15) is 14.4 Å². The topological polar surface area (TPSA) is 97.6 Å². The van der Waals surface area contributed by atoms with Crippen molar-refractivity contribution in [3.8, 4) is 0 Å². The largest absolute Gasteiger partial charge is 0.378 e. The number of benzene rings is 1. The van der Waals surface area contributed by atoms with E-state index in [-0.39, 0.29) is 24.1 Å². The van der Waals surface area contributed by atoms with Crippen LogP contribution in [0.2, 0.25) is 0 Å². The van der Waals surface area contributed by atoms with Gasteiger partial charge in [0.2, 0.25) is 11.8 Å². The second-order valence-electron chi connectivity index (χ2n) is 9.54. The number of fused-ring (bicyclic) bond motifs is 1. The zero-order valence-electron chi connectivity index (χ0n) is 19.2. The summed E-state index contributed by atoms with van der Waals surface area (Å²) in [6.45, 7) is 4.77. The molecule has 3 saturated heterocycles. The molecule has 4 heterocycles. The fourth-order valence-corrected chi connectivity index (χ4v) is 5.49. The number of para-hydroxylation sites is 1. The summed E-state index contributed by atoms with van der Waals surface area (Å²) < 4.78 is 9.44. The summed E-state index contributed by atoms with van der Waals surface area (Å²) in [5.41, 5.74) is 2.35. The molecule has 2 N–H and O–H groups in total. The highest BCUT2D eigenvalue weighted by molar-refractivity contribution is 6.00. The number of piperidine rings is 3. The monoisotopic (exact) mass is 455 g/mol. The quantitative estimate of drug-likeness (QED) is 0.660. The molecule has 1 aromatic carbocycles. The Balaban J connectivity index is 1.33. The maximum absolute atomic E-state index is 13.2. The van der Waals surface area contributed by atoms with Crippen LogP contribution in [0.25, 0.3) is 11.0 Å². The molecule has 0 aliphatic carbocycles. The van der Waals surface area contributed by atoms with Gasteiger partial charge in [-0.25, -0.2) is 4.79 Å². The van der Waals surface area contributed by atoms with E-state index in [0.29, 0.717) is 12.3 Å². The number of ether oxygens (including phenoxy) is 1. The van der Waals surface area contributed by atoms with E-state index in [1.165, 1.54) is 12.8 Å². The average molecular weight is 456 g/mol. The molecule has 0 bridgehead atoms. The maximum atomic E-state index is 13.2. The second-order valence-corrected chi connectivity index (χ2v) is 9.54. The van der Waals surface area contributed by atoms with E-state index in [1.54, 1.807) is 16.2 Å². The van der Waals surface area contributed by atoms with Crippen molar-refractivity contribution in [2.24, 2.45) is 13.0 Å². The van der Waals surface area contributed by atoms with E-state index >= 15 is 0 Å². The second kappa shape index (κ2) is 9.30. The van der Waals surface area contributed by atoms with E-state index in [2.05, 4.69) is 15.5 Å². The Hall–Kier alpha value is -2.65. The molecule has 1 aromatic heterocycles. The van der Waals surface area contributed by atoms with Gasteiger partial charge in [0, 0.05) is 33.2 Å². The van der Waals surface area contributed by atoms with Gasteiger partial charge >= 0.3 is 5.69 Å². The van der Waals surface area contributed by atoms with Crippen LogP contribution in [0.4, 0.5) is 5.69 Å². The van der Waals surface area contributed by atoms with Crippen molar-refractivity contribution < 1.29 is 14.3 Å². The van der Waals surface area contributed by atoms with Gasteiger partial charge in [-0.2, -0.15) is 0 Å². The standard InChI is InChI=1S/C24H33N5O4/c1-27-22-18(28-13-9-17(10-14-28)33-15-16-7-11-25-12-8-16)3-2-4-19(22)29(24(27)32)20-5-6-21(30)26-23(20)31/h2-4,16-17,20,25H,5-15H2,1H3,(H,26,30,31). The summed E-state index contributed by atoms with van der Waals surface area (Å²) in [6, 6.07) is 5.22. The molecule has 3 fully saturated rings. The minimum absolute atomic E-state index is 0.229. The molecule has 0 saturated carbocycles. The summed E-state index contributed by atoms with van der Waals surface area (Å²) in [4.78, 5) is 39.5. The highest BCUT2D eigenvalue weighted by Crippen LogP contribution is 2.31. The first-order chi connectivity index (χ1) is 16.0. The zero-order chi connectivity index (χ0) is 22.9. The first-order valence-corrected chi connectivity index (χ1v) is 12.1. The Morgan fingerprint density at radius 2 is 1.79 bits per heavy atom. The molecule has 2 aromatic rings. The highest BCUT2D eigenvalue weighted by Gasteiger charge is 2.32. The minimum atomic E-state index is -0.664. The van der Waals surface area contributed by atoms with E-state index in [0.717, 1.165) is 62.3 Å². The van der Waals surface area contributed by atoms with Crippen LogP contribution in [0.1, 0.15) is 44.6 Å². The predicted octanol–water partition coefficient (Wildman–Crippen LogP) is 1.30. The van der Waals surface area contributed by atoms with Gasteiger partial charge in [-0.15, -0.1) is 0 Å². The van der Waals surface area contributed by atoms with Gasteiger partial charge in [0.25, 0.3) is 0 Å². The van der Waals surface area contributed by atoms with Crippen molar-refractivity contribution in [1.82, 2.24) is 19.8 Å². The van der Waals surface area contributed by atoms with E-state index in [1.807, 2.05) is 18.2 Å². The number of amides is 2. The van der Waals surface area contributed by atoms with Gasteiger partial charge in [-0.05, 0) is 63.2 Å². The molecule has 1 unspecified atom stereocenters. The normalized spacial score (nSPS) is 23.3. The van der Waals surface area contributed by atoms with Gasteiger partial charge in [0.05, 0.1) is 22.8 Å². The van der Waals surface area contributed by atoms with Gasteiger partial charge in [0.15, 0.2) is 0 Å². The summed E-state index contributed by atoms with van der Waals surface area (Å²) in [5, 5.41) is 5.77. The van der Waals surface area contributed by atoms with Gasteiger partial charge in [-0.3, -0.25) is 24.0 Å². The van der Waals surface area contributed by atoms with Crippen molar-refractivity contribution in [2.75, 3.05) is 37.7 Å². The van der Waals surface area contributed by atoms with Crippen LogP contribution in [-0.4, -0.2) is 59.8 Å². The SMILES string of the molecule is Cn1c(=O)n(C2CCC(=O)NC2=O)c2cccc(N3CCC(OCC4CCNCC4)CC3)c21. The molecule has 178 valence electrons. The zero-order valence-corrected chi connectivity index (χ0v) is 19.2. The van der Waals surface area contributed by atoms with Gasteiger partial charge < -0.3 is 15.0 Å². The van der Waals surface area contributed by atoms with Crippen LogP contribution in [0.15, 0.2) is 23.0 Å². The molecule has 9 heteroatoms. The number of imidazole rings is 1. The van der Waals surface area contributed by atoms with Crippen LogP contribution in [-0.2, 0) is 21.4 Å². The van der Waals surface area contributed by atoms with Crippen LogP contribution in [0.3, 0.4) is 0 Å². The lowest BCUT2D eigenvalue weighted by atomic mass is 9.99. The van der Waals surface area contributed by atoms with Crippen LogP contribution >= 0.6 is 0 Å². The van der Waals surface area contributed by atoms with Crippen molar-refractivity contribution in [3.63, 3.8) is 0 Å². The molecular formula is C24H33N5O4. The number of carbonyl (C=O) groups is 2. The number of carbonyl (C=O) groups excluding carboxylic acids is 2. The van der Waals surface area contributed by atoms with E-state index < -0.39 is 11.9 Å². The van der Waals surface area contributed by atoms with Crippen LogP contribution in [0, 0.1) is 5.92 Å². The summed E-state index contributed by atoms with van der Waals surface area (Å²) >= 11 is 0. The Bertz CT molecular complexity index is 1090. The van der Waals surface area contributed by atoms with Gasteiger partial charge in [0.1, 0.15) is 6.04 Å². The Morgan fingerprint density at radius 1 is 1.03 bits per heavy atom. The molecule has 3 aliphatic heterocycles. The molecule has 3 aliphatic rings. The summed E-state index contributed by atoms with van der Waals surface area (Å²) in [7, 11) is 1.76. The van der Waals surface area contributed by atoms with E-state index in [4.69, 9.17) is 4.74 Å². The lowest BCUT2D eigenvalue weighted by molar-refractivity contribution is -0.135. The van der Waals surface area contributed by atoms with Crippen molar-refractivity contribution in [3.05, 3.63) is 28.7 Å². The number of aromatic nitrogens is 2. The highest BCUT2D eigenvalue weighted by atomic mass is 16.5. The first kappa shape index (κ1) is 22.2. The lowest BCUT2D eigenvalue weighted by Gasteiger charge is -2.35. The number of rotatable bonds is 5. The predicted molar refractivity (Wildman–Crippen MR) is 125 cm³/mol. The van der Waals surface area contributed by atoms with Crippen LogP contribution in [0.5, 0.6) is 0 Å². The number of nitrogens with zero attached hydrogens (tertiary/aromatic N) is 3. The third kappa shape index (κ3) is 4.31. The third-order valence-corrected chi connectivity index (χ3v) is 7.41. The van der Waals surface area contributed by atoms with Crippen LogP contribution < -0.4 is 21.2 Å². The fraction of sp³-hybridized carbons (Fsp3) is 0.625. The molecule has 0 radical (unpaired) electrons. The number of anilines is 1. The molecule has 2 amide bonds. The Kier molecular flexibility index (Phi) is 6.25. The minimum Gasteiger partial charge on any atom is -0.378 e. The Morgan fingerprint density at radius 3 is 2.52 bits per heavy atom. The van der Waals surface area contributed by atoms with Crippen molar-refractivity contribution in [1.29, 1.82) is 0 Å². The van der Waals surface area contributed by atoms with Gasteiger partial charge in [-0.1, -0.05) is 6.07 Å². The fourth-order valence-electron chi connectivity index (χ4n) is 5.49. The molecule has 9 nitrogen and oxygen atoms in total. The smallest absolute Gasteiger partial charge is 0.329 e. The molecule has 5 rings (SSSR count). The van der Waals surface area contributed by atoms with Crippen molar-refractivity contribution in [2.45, 2.75) is 50.7 Å². The molecule has 1 atom stereocenters. The lowest BCUT2D eigenvalue weighted by Crippen LogP contribution is -2.44. The number of imide groups is 1. The average Bonchev–Trinajstić information content (AvgIpc) is 3.09. The van der Waals surface area contributed by atoms with Crippen molar-refractivity contribution >= 4 is 28.5 Å². The summed E-state index contributed by atoms with van der Waals surface area (Å²) in [5.74, 6) is -0.0203. The maximum Gasteiger partial charge on any atom is 0.329 e. The summed E-state index contributed by atoms with van der Waals surface area (Å²) in [6.07, 6.45) is 5.18. The molecular weight excluding hydrogens is 422 g/mol. The molecule has 0 spiro atoms. The Labute approximate surface area is 193 Å². The number of aryl methyl sites for hydroxylation is 1. The number of hydrogen-bond donors (Lipinski definition) is 2. The number of hydrogen-bond acceptors (Lipinski definition) is 6. The third-order valence-electron chi connectivity index (χ3n) is 7.41. The number of nitrogens with one attached hydrogen (secondary N) is 2.